The number of nitrogens with one attached hydrogen (secondary N) is 1. The third-order valence-electron chi connectivity index (χ3n) is 4.87. The lowest BCUT2D eigenvalue weighted by atomic mass is 10.1. The zero-order valence-corrected chi connectivity index (χ0v) is 19.3. The van der Waals surface area contributed by atoms with E-state index in [4.69, 9.17) is 9.47 Å². The molecule has 0 saturated carbocycles. The second-order valence-corrected chi connectivity index (χ2v) is 7.02. The van der Waals surface area contributed by atoms with Crippen molar-refractivity contribution in [1.29, 1.82) is 0 Å². The normalized spacial score (nSPS) is 16.4. The first-order valence-corrected chi connectivity index (χ1v) is 9.58. The van der Waals surface area contributed by atoms with Crippen molar-refractivity contribution in [3.05, 3.63) is 65.5 Å². The van der Waals surface area contributed by atoms with Crippen molar-refractivity contribution in [2.45, 2.75) is 19.6 Å². The van der Waals surface area contributed by atoms with E-state index in [1.54, 1.807) is 13.2 Å². The van der Waals surface area contributed by atoms with Gasteiger partial charge in [-0.15, -0.1) is 24.0 Å². The van der Waals surface area contributed by atoms with Crippen molar-refractivity contribution in [3.8, 4) is 5.75 Å². The molecule has 0 radical (unpaired) electrons. The standard InChI is InChI=1S/C22H28FN3O2.HI/c1-24-22(26-11-10-19(14-26)15-27-2)25-13-17-6-8-21(9-7-17)28-16-18-4-3-5-20(23)12-18;/h3-9,12,19H,10-11,13-16H2,1-2H3,(H,24,25);1H. The fourth-order valence-electron chi connectivity index (χ4n) is 3.41. The van der Waals surface area contributed by atoms with Crippen molar-refractivity contribution in [1.82, 2.24) is 10.2 Å². The molecule has 1 saturated heterocycles. The first-order chi connectivity index (χ1) is 13.7. The number of likely N-dealkylation sites (tertiary alicyclic amines) is 1. The van der Waals surface area contributed by atoms with Crippen LogP contribution in [0.4, 0.5) is 4.39 Å². The fraction of sp³-hybridized carbons (Fsp3) is 0.409. The van der Waals surface area contributed by atoms with Crippen LogP contribution >= 0.6 is 24.0 Å². The Hall–Kier alpha value is -1.87. The van der Waals surface area contributed by atoms with Gasteiger partial charge in [-0.1, -0.05) is 24.3 Å². The van der Waals surface area contributed by atoms with Crippen molar-refractivity contribution < 1.29 is 13.9 Å². The lowest BCUT2D eigenvalue weighted by molar-refractivity contribution is 0.157. The molecule has 0 aromatic heterocycles. The summed E-state index contributed by atoms with van der Waals surface area (Å²) in [6.45, 7) is 3.81. The summed E-state index contributed by atoms with van der Waals surface area (Å²) in [5.41, 5.74) is 1.96. The topological polar surface area (TPSA) is 46.1 Å². The summed E-state index contributed by atoms with van der Waals surface area (Å²) in [6, 6.07) is 14.4. The van der Waals surface area contributed by atoms with Crippen LogP contribution < -0.4 is 10.1 Å². The summed E-state index contributed by atoms with van der Waals surface area (Å²) in [5.74, 6) is 2.00. The van der Waals surface area contributed by atoms with Gasteiger partial charge in [0.1, 0.15) is 18.2 Å². The molecule has 7 heteroatoms. The van der Waals surface area contributed by atoms with Crippen LogP contribution in [-0.4, -0.2) is 44.7 Å². The molecule has 0 aliphatic carbocycles. The van der Waals surface area contributed by atoms with Crippen LogP contribution in [0.15, 0.2) is 53.5 Å². The maximum absolute atomic E-state index is 13.2. The minimum Gasteiger partial charge on any atom is -0.489 e. The number of hydrogen-bond donors (Lipinski definition) is 1. The molecule has 5 nitrogen and oxygen atoms in total. The largest absolute Gasteiger partial charge is 0.489 e. The summed E-state index contributed by atoms with van der Waals surface area (Å²) in [5, 5.41) is 3.43. The molecular formula is C22H29FIN3O2. The van der Waals surface area contributed by atoms with E-state index in [1.165, 1.54) is 12.1 Å². The van der Waals surface area contributed by atoms with Gasteiger partial charge in [0, 0.05) is 39.7 Å². The number of aliphatic imine (C=N–C) groups is 1. The molecule has 0 bridgehead atoms. The summed E-state index contributed by atoms with van der Waals surface area (Å²) in [6.07, 6.45) is 1.13. The lowest BCUT2D eigenvalue weighted by Gasteiger charge is -2.21. The molecule has 1 aliphatic rings. The van der Waals surface area contributed by atoms with Gasteiger partial charge in [-0.2, -0.15) is 0 Å². The highest BCUT2D eigenvalue weighted by molar-refractivity contribution is 14.0. The van der Waals surface area contributed by atoms with Crippen LogP contribution in [0, 0.1) is 11.7 Å². The number of guanidine groups is 1. The molecule has 29 heavy (non-hydrogen) atoms. The van der Waals surface area contributed by atoms with Crippen LogP contribution in [0.2, 0.25) is 0 Å². The molecule has 1 fully saturated rings. The second-order valence-electron chi connectivity index (χ2n) is 7.02. The van der Waals surface area contributed by atoms with Crippen LogP contribution in [-0.2, 0) is 17.9 Å². The van der Waals surface area contributed by atoms with Gasteiger partial charge in [0.2, 0.25) is 0 Å². The number of methoxy groups -OCH3 is 1. The molecule has 158 valence electrons. The Morgan fingerprint density at radius 3 is 2.69 bits per heavy atom. The number of hydrogen-bond acceptors (Lipinski definition) is 3. The van der Waals surface area contributed by atoms with Crippen molar-refractivity contribution >= 4 is 29.9 Å². The summed E-state index contributed by atoms with van der Waals surface area (Å²) in [7, 11) is 3.57. The molecule has 1 N–H and O–H groups in total. The van der Waals surface area contributed by atoms with E-state index in [0.29, 0.717) is 19.1 Å². The Bertz CT molecular complexity index is 786. The van der Waals surface area contributed by atoms with Crippen molar-refractivity contribution in [2.75, 3.05) is 33.9 Å². The van der Waals surface area contributed by atoms with Crippen LogP contribution in [0.25, 0.3) is 0 Å². The monoisotopic (exact) mass is 513 g/mol. The minimum absolute atomic E-state index is 0. The van der Waals surface area contributed by atoms with Gasteiger partial charge in [0.15, 0.2) is 5.96 Å². The van der Waals surface area contributed by atoms with E-state index >= 15 is 0 Å². The van der Waals surface area contributed by atoms with Gasteiger partial charge in [-0.05, 0) is 41.8 Å². The highest BCUT2D eigenvalue weighted by atomic mass is 127. The molecule has 1 heterocycles. The third-order valence-corrected chi connectivity index (χ3v) is 4.87. The highest BCUT2D eigenvalue weighted by Crippen LogP contribution is 2.17. The molecular weight excluding hydrogens is 484 g/mol. The molecule has 0 spiro atoms. The van der Waals surface area contributed by atoms with Crippen molar-refractivity contribution in [3.63, 3.8) is 0 Å². The molecule has 2 aromatic carbocycles. The van der Waals surface area contributed by atoms with Crippen LogP contribution in [0.1, 0.15) is 17.5 Å². The minimum atomic E-state index is -0.248. The Labute approximate surface area is 189 Å². The van der Waals surface area contributed by atoms with E-state index in [9.17, 15) is 4.39 Å². The zero-order valence-electron chi connectivity index (χ0n) is 16.9. The van der Waals surface area contributed by atoms with E-state index in [1.807, 2.05) is 37.4 Å². The summed E-state index contributed by atoms with van der Waals surface area (Å²) < 4.78 is 24.2. The molecule has 3 rings (SSSR count). The number of rotatable bonds is 7. The fourth-order valence-corrected chi connectivity index (χ4v) is 3.41. The van der Waals surface area contributed by atoms with Gasteiger partial charge in [0.25, 0.3) is 0 Å². The van der Waals surface area contributed by atoms with Gasteiger partial charge in [-0.3, -0.25) is 4.99 Å². The summed E-state index contributed by atoms with van der Waals surface area (Å²) in [4.78, 5) is 6.68. The Kier molecular flexibility index (Phi) is 9.66. The average molecular weight is 513 g/mol. The number of nitrogens with zero attached hydrogens (tertiary/aromatic N) is 2. The number of benzene rings is 2. The first-order valence-electron chi connectivity index (χ1n) is 9.58. The van der Waals surface area contributed by atoms with Crippen molar-refractivity contribution in [2.24, 2.45) is 10.9 Å². The van der Waals surface area contributed by atoms with Gasteiger partial charge < -0.3 is 19.7 Å². The van der Waals surface area contributed by atoms with E-state index in [2.05, 4.69) is 15.2 Å². The predicted molar refractivity (Wildman–Crippen MR) is 124 cm³/mol. The SMILES string of the molecule is CN=C(NCc1ccc(OCc2cccc(F)c2)cc1)N1CCC(COC)C1.I. The van der Waals surface area contributed by atoms with E-state index in [0.717, 1.165) is 49.0 Å². The second kappa shape index (κ2) is 12.0. The van der Waals surface area contributed by atoms with Gasteiger partial charge >= 0.3 is 0 Å². The predicted octanol–water partition coefficient (Wildman–Crippen LogP) is 4.07. The van der Waals surface area contributed by atoms with Crippen LogP contribution in [0.3, 0.4) is 0 Å². The molecule has 1 atom stereocenters. The van der Waals surface area contributed by atoms with Crippen LogP contribution in [0.5, 0.6) is 5.75 Å². The lowest BCUT2D eigenvalue weighted by Crippen LogP contribution is -2.39. The molecule has 1 unspecified atom stereocenters. The smallest absolute Gasteiger partial charge is 0.193 e. The molecule has 2 aromatic rings. The maximum atomic E-state index is 13.2. The zero-order chi connectivity index (χ0) is 19.8. The molecule has 1 aliphatic heterocycles. The first kappa shape index (κ1) is 23.4. The maximum Gasteiger partial charge on any atom is 0.193 e. The van der Waals surface area contributed by atoms with Gasteiger partial charge in [0.05, 0.1) is 6.61 Å². The van der Waals surface area contributed by atoms with E-state index < -0.39 is 0 Å². The quantitative estimate of drug-likeness (QED) is 0.345. The third kappa shape index (κ3) is 7.15. The Balaban J connectivity index is 0.00000300. The highest BCUT2D eigenvalue weighted by Gasteiger charge is 2.24. The number of ether oxygens (including phenoxy) is 2. The van der Waals surface area contributed by atoms with Gasteiger partial charge in [-0.25, -0.2) is 4.39 Å². The summed E-state index contributed by atoms with van der Waals surface area (Å²) >= 11 is 0. The molecule has 0 amide bonds. The average Bonchev–Trinajstić information content (AvgIpc) is 3.17. The van der Waals surface area contributed by atoms with E-state index in [-0.39, 0.29) is 29.8 Å². The Morgan fingerprint density at radius 1 is 1.21 bits per heavy atom. The number of halogens is 2. The Morgan fingerprint density at radius 2 is 2.00 bits per heavy atom.